The number of sulfonamides is 1. The van der Waals surface area contributed by atoms with Gasteiger partial charge in [-0.1, -0.05) is 34.1 Å². The molecule has 1 N–H and O–H groups in total. The van der Waals surface area contributed by atoms with Gasteiger partial charge in [0, 0.05) is 16.3 Å². The predicted molar refractivity (Wildman–Crippen MR) is 95.0 cm³/mol. The van der Waals surface area contributed by atoms with Gasteiger partial charge in [-0.15, -0.1) is 0 Å². The standard InChI is InChI=1S/C16H15BrN2O3S/c1-22-16-7-3-2-5-13(16)6-4-12-18-19-23(20,21)15-10-8-14(17)9-11-15/h2-12,19H,1H3/b6-4+,18-12-. The fraction of sp³-hybridized carbons (Fsp3) is 0.0625. The average molecular weight is 395 g/mol. The fourth-order valence-electron chi connectivity index (χ4n) is 1.76. The van der Waals surface area contributed by atoms with Crippen molar-refractivity contribution in [3.8, 4) is 5.75 Å². The molecule has 120 valence electrons. The molecule has 0 saturated heterocycles. The van der Waals surface area contributed by atoms with Crippen molar-refractivity contribution >= 4 is 38.2 Å². The van der Waals surface area contributed by atoms with Crippen LogP contribution in [0.4, 0.5) is 0 Å². The van der Waals surface area contributed by atoms with Gasteiger partial charge in [-0.2, -0.15) is 13.5 Å². The summed E-state index contributed by atoms with van der Waals surface area (Å²) in [5, 5.41) is 3.71. The van der Waals surface area contributed by atoms with Crippen LogP contribution >= 0.6 is 15.9 Å². The monoisotopic (exact) mass is 394 g/mol. The highest BCUT2D eigenvalue weighted by molar-refractivity contribution is 9.10. The molecular formula is C16H15BrN2O3S. The number of hydrazone groups is 1. The van der Waals surface area contributed by atoms with Gasteiger partial charge in [0.2, 0.25) is 0 Å². The molecule has 0 amide bonds. The molecule has 0 radical (unpaired) electrons. The Balaban J connectivity index is 2.01. The number of halogens is 1. The van der Waals surface area contributed by atoms with Crippen LogP contribution in [0.5, 0.6) is 5.75 Å². The summed E-state index contributed by atoms with van der Waals surface area (Å²) in [4.78, 5) is 2.30. The van der Waals surface area contributed by atoms with Crippen LogP contribution < -0.4 is 9.57 Å². The molecule has 5 nitrogen and oxygen atoms in total. The second-order valence-corrected chi connectivity index (χ2v) is 7.00. The van der Waals surface area contributed by atoms with Crippen molar-refractivity contribution in [2.45, 2.75) is 4.90 Å². The van der Waals surface area contributed by atoms with E-state index in [0.29, 0.717) is 0 Å². The first-order chi connectivity index (χ1) is 11.0. The van der Waals surface area contributed by atoms with Gasteiger partial charge < -0.3 is 4.74 Å². The summed E-state index contributed by atoms with van der Waals surface area (Å²) in [6.45, 7) is 0. The lowest BCUT2D eigenvalue weighted by atomic mass is 10.2. The fourth-order valence-corrected chi connectivity index (χ4v) is 2.82. The molecule has 0 bridgehead atoms. The second kappa shape index (κ2) is 7.94. The third-order valence-corrected chi connectivity index (χ3v) is 4.64. The molecule has 0 aliphatic heterocycles. The largest absolute Gasteiger partial charge is 0.496 e. The average Bonchev–Trinajstić information content (AvgIpc) is 2.55. The summed E-state index contributed by atoms with van der Waals surface area (Å²) < 4.78 is 30.0. The van der Waals surface area contributed by atoms with E-state index in [1.165, 1.54) is 18.3 Å². The smallest absolute Gasteiger partial charge is 0.276 e. The van der Waals surface area contributed by atoms with Crippen molar-refractivity contribution in [2.75, 3.05) is 7.11 Å². The molecule has 7 heteroatoms. The van der Waals surface area contributed by atoms with Gasteiger partial charge in [-0.25, -0.2) is 4.83 Å². The van der Waals surface area contributed by atoms with Crippen molar-refractivity contribution in [1.82, 2.24) is 4.83 Å². The summed E-state index contributed by atoms with van der Waals surface area (Å²) in [6.07, 6.45) is 4.76. The molecular weight excluding hydrogens is 380 g/mol. The Morgan fingerprint density at radius 2 is 1.83 bits per heavy atom. The summed E-state index contributed by atoms with van der Waals surface area (Å²) in [5.74, 6) is 0.729. The van der Waals surface area contributed by atoms with Gasteiger partial charge in [-0.3, -0.25) is 0 Å². The minimum absolute atomic E-state index is 0.145. The zero-order valence-corrected chi connectivity index (χ0v) is 14.7. The summed E-state index contributed by atoms with van der Waals surface area (Å²) in [6, 6.07) is 13.8. The molecule has 0 unspecified atom stereocenters. The van der Waals surface area contributed by atoms with Crippen molar-refractivity contribution in [3.05, 3.63) is 64.6 Å². The number of hydrogen-bond acceptors (Lipinski definition) is 4. The number of ether oxygens (including phenoxy) is 1. The number of para-hydroxylation sites is 1. The first-order valence-corrected chi connectivity index (χ1v) is 8.90. The zero-order chi connectivity index (χ0) is 16.7. The normalized spacial score (nSPS) is 11.9. The highest BCUT2D eigenvalue weighted by atomic mass is 79.9. The third-order valence-electron chi connectivity index (χ3n) is 2.87. The Kier molecular flexibility index (Phi) is 5.95. The number of allylic oxidation sites excluding steroid dienone is 1. The van der Waals surface area contributed by atoms with Gasteiger partial charge in [0.1, 0.15) is 5.75 Å². The van der Waals surface area contributed by atoms with Crippen molar-refractivity contribution in [1.29, 1.82) is 0 Å². The Hall–Kier alpha value is -2.12. The Bertz CT molecular complexity index is 815. The zero-order valence-electron chi connectivity index (χ0n) is 12.3. The van der Waals surface area contributed by atoms with E-state index >= 15 is 0 Å². The summed E-state index contributed by atoms with van der Waals surface area (Å²) >= 11 is 3.26. The van der Waals surface area contributed by atoms with Crippen LogP contribution in [0.1, 0.15) is 5.56 Å². The number of rotatable bonds is 6. The number of nitrogens with one attached hydrogen (secondary N) is 1. The minimum Gasteiger partial charge on any atom is -0.496 e. The topological polar surface area (TPSA) is 67.8 Å². The van der Waals surface area contributed by atoms with E-state index < -0.39 is 10.0 Å². The van der Waals surface area contributed by atoms with E-state index in [2.05, 4.69) is 25.9 Å². The van der Waals surface area contributed by atoms with Crippen molar-refractivity contribution < 1.29 is 13.2 Å². The maximum atomic E-state index is 12.0. The Morgan fingerprint density at radius 1 is 1.13 bits per heavy atom. The maximum Gasteiger partial charge on any atom is 0.276 e. The number of benzene rings is 2. The second-order valence-electron chi connectivity index (χ2n) is 4.43. The van der Waals surface area contributed by atoms with Gasteiger partial charge in [0.05, 0.1) is 12.0 Å². The van der Waals surface area contributed by atoms with Crippen LogP contribution in [0.3, 0.4) is 0 Å². The lowest BCUT2D eigenvalue weighted by molar-refractivity contribution is 0.414. The SMILES string of the molecule is COc1ccccc1/C=C/C=N\NS(=O)(=O)c1ccc(Br)cc1. The predicted octanol–water partition coefficient (Wildman–Crippen LogP) is 3.44. The molecule has 23 heavy (non-hydrogen) atoms. The van der Waals surface area contributed by atoms with Crippen LogP contribution in [-0.2, 0) is 10.0 Å². The molecule has 0 aliphatic carbocycles. The molecule has 0 atom stereocenters. The van der Waals surface area contributed by atoms with E-state index in [0.717, 1.165) is 15.8 Å². The van der Waals surface area contributed by atoms with Gasteiger partial charge in [0.25, 0.3) is 10.0 Å². The van der Waals surface area contributed by atoms with E-state index in [9.17, 15) is 8.42 Å². The van der Waals surface area contributed by atoms with Crippen LogP contribution in [0.25, 0.3) is 6.08 Å². The molecule has 2 aromatic carbocycles. The van der Waals surface area contributed by atoms with Crippen LogP contribution in [0, 0.1) is 0 Å². The third kappa shape index (κ3) is 4.94. The summed E-state index contributed by atoms with van der Waals surface area (Å²) in [7, 11) is -2.07. The van der Waals surface area contributed by atoms with Gasteiger partial charge in [-0.05, 0) is 42.5 Å². The number of methoxy groups -OCH3 is 1. The van der Waals surface area contributed by atoms with E-state index in [-0.39, 0.29) is 4.90 Å². The quantitative estimate of drug-likeness (QED) is 0.602. The molecule has 0 aromatic heterocycles. The van der Waals surface area contributed by atoms with Crippen molar-refractivity contribution in [2.24, 2.45) is 5.10 Å². The maximum absolute atomic E-state index is 12.0. The molecule has 0 spiro atoms. The molecule has 2 aromatic rings. The highest BCUT2D eigenvalue weighted by Crippen LogP contribution is 2.18. The van der Waals surface area contributed by atoms with Crippen LogP contribution in [-0.4, -0.2) is 21.7 Å². The van der Waals surface area contributed by atoms with E-state index in [1.54, 1.807) is 31.4 Å². The minimum atomic E-state index is -3.66. The Morgan fingerprint density at radius 3 is 2.52 bits per heavy atom. The number of nitrogens with zero attached hydrogens (tertiary/aromatic N) is 1. The lowest BCUT2D eigenvalue weighted by Crippen LogP contribution is -2.17. The molecule has 2 rings (SSSR count). The number of hydrogen-bond donors (Lipinski definition) is 1. The molecule has 0 heterocycles. The first-order valence-electron chi connectivity index (χ1n) is 6.63. The van der Waals surface area contributed by atoms with Gasteiger partial charge in [0.15, 0.2) is 0 Å². The van der Waals surface area contributed by atoms with Gasteiger partial charge >= 0.3 is 0 Å². The first kappa shape index (κ1) is 17.2. The molecule has 0 saturated carbocycles. The van der Waals surface area contributed by atoms with E-state index in [1.807, 2.05) is 24.3 Å². The lowest BCUT2D eigenvalue weighted by Gasteiger charge is -2.03. The van der Waals surface area contributed by atoms with E-state index in [4.69, 9.17) is 4.74 Å². The van der Waals surface area contributed by atoms with Crippen LogP contribution in [0.15, 0.2) is 69.1 Å². The summed E-state index contributed by atoms with van der Waals surface area (Å²) in [5.41, 5.74) is 0.872. The highest BCUT2D eigenvalue weighted by Gasteiger charge is 2.11. The Labute approximate surface area is 143 Å². The molecule has 0 aliphatic rings. The molecule has 0 fully saturated rings. The van der Waals surface area contributed by atoms with Crippen molar-refractivity contribution in [3.63, 3.8) is 0 Å². The van der Waals surface area contributed by atoms with Crippen LogP contribution in [0.2, 0.25) is 0 Å².